The van der Waals surface area contributed by atoms with Gasteiger partial charge in [0.1, 0.15) is 11.3 Å². The Kier molecular flexibility index (Phi) is 4.49. The summed E-state index contributed by atoms with van der Waals surface area (Å²) in [5.41, 5.74) is 1.03. The van der Waals surface area contributed by atoms with Crippen LogP contribution in [0.5, 0.6) is 17.2 Å². The largest absolute Gasteiger partial charge is 0.507 e. The Labute approximate surface area is 160 Å². The van der Waals surface area contributed by atoms with E-state index in [2.05, 4.69) is 5.32 Å². The van der Waals surface area contributed by atoms with E-state index in [1.807, 2.05) is 12.1 Å². The molecule has 3 aromatic rings. The molecule has 0 saturated heterocycles. The number of rotatable bonds is 4. The number of fused-ring (bicyclic) bond motifs is 1. The number of carbonyl (C=O) groups excluding carboxylic acids is 1. The highest BCUT2D eigenvalue weighted by Crippen LogP contribution is 2.32. The molecule has 28 heavy (non-hydrogen) atoms. The second-order valence-electron chi connectivity index (χ2n) is 6.45. The first kappa shape index (κ1) is 17.7. The second kappa shape index (κ2) is 7.11. The summed E-state index contributed by atoms with van der Waals surface area (Å²) >= 11 is 0. The number of aryl methyl sites for hydroxylation is 1. The van der Waals surface area contributed by atoms with Crippen molar-refractivity contribution in [2.45, 2.75) is 13.5 Å². The average molecular weight is 378 g/mol. The molecule has 1 aliphatic heterocycles. The lowest BCUT2D eigenvalue weighted by Crippen LogP contribution is -2.31. The molecule has 2 aromatic carbocycles. The van der Waals surface area contributed by atoms with Crippen molar-refractivity contribution in [3.8, 4) is 17.2 Å². The SMILES string of the molecule is Cc1cc(O)c(C(=O)Nc2ccccc2)c(=O)n1Cc1ccc2c(c1)OCO2. The molecule has 0 spiro atoms. The van der Waals surface area contributed by atoms with Crippen LogP contribution in [-0.2, 0) is 6.54 Å². The van der Waals surface area contributed by atoms with Crippen LogP contribution in [0.1, 0.15) is 21.6 Å². The Morgan fingerprint density at radius 1 is 1.11 bits per heavy atom. The smallest absolute Gasteiger partial charge is 0.267 e. The Bertz CT molecular complexity index is 1110. The number of nitrogens with zero attached hydrogens (tertiary/aromatic N) is 1. The lowest BCUT2D eigenvalue weighted by atomic mass is 10.1. The number of pyridine rings is 1. The average Bonchev–Trinajstić information content (AvgIpc) is 3.13. The number of para-hydroxylation sites is 1. The van der Waals surface area contributed by atoms with E-state index < -0.39 is 11.5 Å². The third kappa shape index (κ3) is 3.29. The molecular weight excluding hydrogens is 360 g/mol. The molecule has 0 fully saturated rings. The van der Waals surface area contributed by atoms with Gasteiger partial charge in [-0.15, -0.1) is 0 Å². The molecule has 0 saturated carbocycles. The van der Waals surface area contributed by atoms with E-state index >= 15 is 0 Å². The maximum absolute atomic E-state index is 13.0. The minimum absolute atomic E-state index is 0.167. The molecule has 4 rings (SSSR count). The van der Waals surface area contributed by atoms with Crippen LogP contribution in [-0.4, -0.2) is 22.4 Å². The summed E-state index contributed by atoms with van der Waals surface area (Å²) in [6.45, 7) is 2.10. The van der Waals surface area contributed by atoms with Crippen LogP contribution in [0.4, 0.5) is 5.69 Å². The number of anilines is 1. The molecule has 7 nitrogen and oxygen atoms in total. The number of benzene rings is 2. The molecule has 0 bridgehead atoms. The highest BCUT2D eigenvalue weighted by molar-refractivity contribution is 6.05. The van der Waals surface area contributed by atoms with Crippen molar-refractivity contribution in [2.24, 2.45) is 0 Å². The predicted octanol–water partition coefficient (Wildman–Crippen LogP) is 2.89. The van der Waals surface area contributed by atoms with Gasteiger partial charge in [-0.2, -0.15) is 0 Å². The number of ether oxygens (including phenoxy) is 2. The molecular formula is C21H18N2O5. The normalized spacial score (nSPS) is 12.0. The molecule has 7 heteroatoms. The molecule has 0 unspecified atom stereocenters. The van der Waals surface area contributed by atoms with E-state index in [0.717, 1.165) is 5.56 Å². The molecule has 0 atom stereocenters. The van der Waals surface area contributed by atoms with Gasteiger partial charge in [-0.05, 0) is 36.8 Å². The molecule has 0 aliphatic carbocycles. The minimum atomic E-state index is -0.659. The third-order valence-corrected chi connectivity index (χ3v) is 4.52. The molecule has 0 radical (unpaired) electrons. The first-order valence-electron chi connectivity index (χ1n) is 8.71. The van der Waals surface area contributed by atoms with Gasteiger partial charge in [0.2, 0.25) is 6.79 Å². The maximum atomic E-state index is 13.0. The summed E-state index contributed by atoms with van der Waals surface area (Å²) in [6.07, 6.45) is 0. The summed E-state index contributed by atoms with van der Waals surface area (Å²) in [5, 5.41) is 12.9. The Hall–Kier alpha value is -3.74. The van der Waals surface area contributed by atoms with Crippen LogP contribution < -0.4 is 20.3 Å². The Morgan fingerprint density at radius 2 is 1.86 bits per heavy atom. The fraction of sp³-hybridized carbons (Fsp3) is 0.143. The van der Waals surface area contributed by atoms with Gasteiger partial charge in [0.05, 0.1) is 6.54 Å². The summed E-state index contributed by atoms with van der Waals surface area (Å²) in [4.78, 5) is 25.6. The van der Waals surface area contributed by atoms with E-state index in [4.69, 9.17) is 9.47 Å². The Morgan fingerprint density at radius 3 is 2.64 bits per heavy atom. The maximum Gasteiger partial charge on any atom is 0.267 e. The topological polar surface area (TPSA) is 89.8 Å². The van der Waals surface area contributed by atoms with Gasteiger partial charge >= 0.3 is 0 Å². The standard InChI is InChI=1S/C21H18N2O5/c1-13-9-16(24)19(20(25)22-15-5-3-2-4-6-15)21(26)23(13)11-14-7-8-17-18(10-14)28-12-27-17/h2-10,24H,11-12H2,1H3,(H,22,25). The van der Waals surface area contributed by atoms with Crippen molar-refractivity contribution in [1.29, 1.82) is 0 Å². The third-order valence-electron chi connectivity index (χ3n) is 4.52. The molecule has 1 aromatic heterocycles. The Balaban J connectivity index is 1.68. The van der Waals surface area contributed by atoms with Gasteiger partial charge in [-0.25, -0.2) is 0 Å². The quantitative estimate of drug-likeness (QED) is 0.729. The van der Waals surface area contributed by atoms with Crippen molar-refractivity contribution in [3.63, 3.8) is 0 Å². The first-order chi connectivity index (χ1) is 13.5. The fourth-order valence-corrected chi connectivity index (χ4v) is 3.10. The van der Waals surface area contributed by atoms with Gasteiger partial charge in [0.15, 0.2) is 11.5 Å². The van der Waals surface area contributed by atoms with Gasteiger partial charge in [-0.3, -0.25) is 9.59 Å². The summed E-state index contributed by atoms with van der Waals surface area (Å²) in [5.74, 6) is 0.261. The van der Waals surface area contributed by atoms with Gasteiger partial charge in [0.25, 0.3) is 11.5 Å². The van der Waals surface area contributed by atoms with Crippen LogP contribution in [0.15, 0.2) is 59.4 Å². The van der Waals surface area contributed by atoms with Crippen LogP contribution >= 0.6 is 0 Å². The van der Waals surface area contributed by atoms with Crippen molar-refractivity contribution >= 4 is 11.6 Å². The van der Waals surface area contributed by atoms with Crippen LogP contribution in [0.3, 0.4) is 0 Å². The highest BCUT2D eigenvalue weighted by atomic mass is 16.7. The molecule has 2 heterocycles. The number of hydrogen-bond acceptors (Lipinski definition) is 5. The summed E-state index contributed by atoms with van der Waals surface area (Å²) in [7, 11) is 0. The lowest BCUT2D eigenvalue weighted by molar-refractivity contribution is 0.102. The van der Waals surface area contributed by atoms with E-state index in [-0.39, 0.29) is 24.7 Å². The van der Waals surface area contributed by atoms with E-state index in [1.54, 1.807) is 43.3 Å². The predicted molar refractivity (Wildman–Crippen MR) is 103 cm³/mol. The monoisotopic (exact) mass is 378 g/mol. The zero-order valence-corrected chi connectivity index (χ0v) is 15.1. The van der Waals surface area contributed by atoms with Crippen molar-refractivity contribution in [2.75, 3.05) is 12.1 Å². The van der Waals surface area contributed by atoms with Crippen LogP contribution in [0.25, 0.3) is 0 Å². The molecule has 142 valence electrons. The zero-order valence-electron chi connectivity index (χ0n) is 15.1. The van der Waals surface area contributed by atoms with E-state index in [9.17, 15) is 14.7 Å². The van der Waals surface area contributed by atoms with Gasteiger partial charge < -0.3 is 24.5 Å². The molecule has 1 amide bonds. The van der Waals surface area contributed by atoms with Crippen molar-refractivity contribution < 1.29 is 19.4 Å². The van der Waals surface area contributed by atoms with Crippen molar-refractivity contribution in [3.05, 3.63) is 81.8 Å². The number of hydrogen-bond donors (Lipinski definition) is 2. The fourth-order valence-electron chi connectivity index (χ4n) is 3.10. The number of aromatic hydroxyl groups is 1. The van der Waals surface area contributed by atoms with Crippen LogP contribution in [0.2, 0.25) is 0 Å². The lowest BCUT2D eigenvalue weighted by Gasteiger charge is -2.14. The summed E-state index contributed by atoms with van der Waals surface area (Å²) < 4.78 is 12.1. The first-order valence-corrected chi connectivity index (χ1v) is 8.71. The summed E-state index contributed by atoms with van der Waals surface area (Å²) in [6, 6.07) is 15.6. The van der Waals surface area contributed by atoms with Crippen LogP contribution in [0, 0.1) is 6.92 Å². The minimum Gasteiger partial charge on any atom is -0.507 e. The zero-order chi connectivity index (χ0) is 19.7. The van der Waals surface area contributed by atoms with Gasteiger partial charge in [0, 0.05) is 17.4 Å². The van der Waals surface area contributed by atoms with E-state index in [0.29, 0.717) is 22.9 Å². The highest BCUT2D eigenvalue weighted by Gasteiger charge is 2.21. The molecule has 2 N–H and O–H groups in total. The van der Waals surface area contributed by atoms with Crippen molar-refractivity contribution in [1.82, 2.24) is 4.57 Å². The van der Waals surface area contributed by atoms with Gasteiger partial charge in [-0.1, -0.05) is 24.3 Å². The number of carbonyl (C=O) groups is 1. The van der Waals surface area contributed by atoms with E-state index in [1.165, 1.54) is 10.6 Å². The second-order valence-corrected chi connectivity index (χ2v) is 6.45. The number of amides is 1. The number of aromatic nitrogens is 1. The molecule has 1 aliphatic rings. The number of nitrogens with one attached hydrogen (secondary N) is 1.